The third kappa shape index (κ3) is 4.97. The lowest BCUT2D eigenvalue weighted by Gasteiger charge is -2.14. The summed E-state index contributed by atoms with van der Waals surface area (Å²) in [6.07, 6.45) is 0. The topological polar surface area (TPSA) is 93.7 Å². The van der Waals surface area contributed by atoms with Gasteiger partial charge in [-0.2, -0.15) is 0 Å². The second-order valence-corrected chi connectivity index (χ2v) is 8.55. The first-order chi connectivity index (χ1) is 14.7. The van der Waals surface area contributed by atoms with Crippen LogP contribution < -0.4 is 19.5 Å². The molecule has 162 valence electrons. The van der Waals surface area contributed by atoms with Gasteiger partial charge in [0, 0.05) is 16.9 Å². The largest absolute Gasteiger partial charge is 0.497 e. The SMILES string of the molecule is COc1ccc(NS(=O)(=O)c2cc(NC(=O)c3cccc(C)c3C)ccc2OC)cc1. The lowest BCUT2D eigenvalue weighted by atomic mass is 10.0. The summed E-state index contributed by atoms with van der Waals surface area (Å²) < 4.78 is 38.8. The highest BCUT2D eigenvalue weighted by molar-refractivity contribution is 7.92. The summed E-state index contributed by atoms with van der Waals surface area (Å²) in [7, 11) is -1.07. The lowest BCUT2D eigenvalue weighted by molar-refractivity contribution is 0.102. The van der Waals surface area contributed by atoms with Crippen molar-refractivity contribution in [3.63, 3.8) is 0 Å². The average Bonchev–Trinajstić information content (AvgIpc) is 2.76. The highest BCUT2D eigenvalue weighted by atomic mass is 32.2. The molecule has 3 aromatic rings. The molecule has 0 saturated heterocycles. The van der Waals surface area contributed by atoms with Gasteiger partial charge in [-0.3, -0.25) is 9.52 Å². The zero-order valence-electron chi connectivity index (χ0n) is 17.7. The Morgan fingerprint density at radius 2 is 1.55 bits per heavy atom. The van der Waals surface area contributed by atoms with E-state index in [1.165, 1.54) is 26.4 Å². The molecule has 1 amide bonds. The quantitative estimate of drug-likeness (QED) is 0.569. The van der Waals surface area contributed by atoms with E-state index in [9.17, 15) is 13.2 Å². The van der Waals surface area contributed by atoms with Crippen molar-refractivity contribution in [3.05, 3.63) is 77.4 Å². The smallest absolute Gasteiger partial charge is 0.265 e. The van der Waals surface area contributed by atoms with Crippen molar-refractivity contribution in [1.29, 1.82) is 0 Å². The molecule has 0 aliphatic heterocycles. The van der Waals surface area contributed by atoms with E-state index in [1.807, 2.05) is 19.9 Å². The second-order valence-electron chi connectivity index (χ2n) is 6.90. The molecular weight excluding hydrogens is 416 g/mol. The minimum Gasteiger partial charge on any atom is -0.497 e. The number of sulfonamides is 1. The van der Waals surface area contributed by atoms with Gasteiger partial charge in [-0.25, -0.2) is 8.42 Å². The van der Waals surface area contributed by atoms with Crippen molar-refractivity contribution < 1.29 is 22.7 Å². The van der Waals surface area contributed by atoms with Gasteiger partial charge in [0.15, 0.2) is 0 Å². The summed E-state index contributed by atoms with van der Waals surface area (Å²) in [5, 5.41) is 2.77. The zero-order chi connectivity index (χ0) is 22.6. The van der Waals surface area contributed by atoms with Crippen LogP contribution in [0.3, 0.4) is 0 Å². The van der Waals surface area contributed by atoms with Gasteiger partial charge in [0.05, 0.1) is 14.2 Å². The Bertz CT molecular complexity index is 1210. The maximum atomic E-state index is 13.0. The molecule has 0 spiro atoms. The van der Waals surface area contributed by atoms with Gasteiger partial charge in [-0.05, 0) is 73.5 Å². The van der Waals surface area contributed by atoms with Crippen molar-refractivity contribution in [1.82, 2.24) is 0 Å². The monoisotopic (exact) mass is 440 g/mol. The zero-order valence-corrected chi connectivity index (χ0v) is 18.5. The third-order valence-corrected chi connectivity index (χ3v) is 6.30. The Hall–Kier alpha value is -3.52. The van der Waals surface area contributed by atoms with Crippen LogP contribution in [0.2, 0.25) is 0 Å². The number of benzene rings is 3. The van der Waals surface area contributed by atoms with Crippen LogP contribution in [0.4, 0.5) is 11.4 Å². The highest BCUT2D eigenvalue weighted by Crippen LogP contribution is 2.29. The van der Waals surface area contributed by atoms with Crippen LogP contribution in [0, 0.1) is 13.8 Å². The Balaban J connectivity index is 1.90. The number of hydrogen-bond donors (Lipinski definition) is 2. The molecule has 3 aromatic carbocycles. The summed E-state index contributed by atoms with van der Waals surface area (Å²) in [4.78, 5) is 12.6. The minimum atomic E-state index is -3.98. The summed E-state index contributed by atoms with van der Waals surface area (Å²) in [6, 6.07) is 16.4. The fourth-order valence-electron chi connectivity index (χ4n) is 3.03. The number of nitrogens with one attached hydrogen (secondary N) is 2. The number of rotatable bonds is 7. The molecule has 0 heterocycles. The van der Waals surface area contributed by atoms with E-state index < -0.39 is 10.0 Å². The first-order valence-electron chi connectivity index (χ1n) is 9.47. The number of ether oxygens (including phenoxy) is 2. The molecule has 0 aromatic heterocycles. The van der Waals surface area contributed by atoms with Gasteiger partial charge in [-0.15, -0.1) is 0 Å². The predicted molar refractivity (Wildman–Crippen MR) is 121 cm³/mol. The van der Waals surface area contributed by atoms with Gasteiger partial charge in [0.25, 0.3) is 15.9 Å². The van der Waals surface area contributed by atoms with Crippen molar-refractivity contribution in [2.45, 2.75) is 18.7 Å². The molecule has 0 aliphatic carbocycles. The number of aryl methyl sites for hydroxylation is 1. The van der Waals surface area contributed by atoms with Gasteiger partial charge in [0.2, 0.25) is 0 Å². The van der Waals surface area contributed by atoms with Gasteiger partial charge in [-0.1, -0.05) is 12.1 Å². The summed E-state index contributed by atoms with van der Waals surface area (Å²) in [6.45, 7) is 3.79. The fourth-order valence-corrected chi connectivity index (χ4v) is 4.28. The molecule has 8 heteroatoms. The number of amides is 1. The van der Waals surface area contributed by atoms with Crippen LogP contribution in [0.25, 0.3) is 0 Å². The maximum Gasteiger partial charge on any atom is 0.265 e. The normalized spacial score (nSPS) is 11.0. The molecule has 0 aliphatic rings. The van der Waals surface area contributed by atoms with Crippen LogP contribution in [0.1, 0.15) is 21.5 Å². The van der Waals surface area contributed by atoms with Gasteiger partial charge < -0.3 is 14.8 Å². The molecule has 7 nitrogen and oxygen atoms in total. The van der Waals surface area contributed by atoms with Gasteiger partial charge in [0.1, 0.15) is 16.4 Å². The van der Waals surface area contributed by atoms with E-state index in [-0.39, 0.29) is 16.6 Å². The molecule has 0 atom stereocenters. The first kappa shape index (κ1) is 22.2. The van der Waals surface area contributed by atoms with Crippen molar-refractivity contribution in [2.75, 3.05) is 24.3 Å². The summed E-state index contributed by atoms with van der Waals surface area (Å²) in [5.41, 5.74) is 3.09. The number of hydrogen-bond acceptors (Lipinski definition) is 5. The molecule has 31 heavy (non-hydrogen) atoms. The van der Waals surface area contributed by atoms with E-state index in [1.54, 1.807) is 42.5 Å². The lowest BCUT2D eigenvalue weighted by Crippen LogP contribution is -2.16. The summed E-state index contributed by atoms with van der Waals surface area (Å²) in [5.74, 6) is 0.445. The highest BCUT2D eigenvalue weighted by Gasteiger charge is 2.21. The molecule has 0 unspecified atom stereocenters. The first-order valence-corrected chi connectivity index (χ1v) is 11.0. The Morgan fingerprint density at radius 1 is 0.871 bits per heavy atom. The molecule has 0 saturated carbocycles. The van der Waals surface area contributed by atoms with Crippen LogP contribution in [0.15, 0.2) is 65.6 Å². The molecule has 0 fully saturated rings. The van der Waals surface area contributed by atoms with Crippen LogP contribution in [-0.2, 0) is 10.0 Å². The molecule has 0 radical (unpaired) electrons. The van der Waals surface area contributed by atoms with Crippen molar-refractivity contribution in [3.8, 4) is 11.5 Å². The van der Waals surface area contributed by atoms with E-state index in [2.05, 4.69) is 10.0 Å². The molecule has 2 N–H and O–H groups in total. The maximum absolute atomic E-state index is 13.0. The van der Waals surface area contributed by atoms with Gasteiger partial charge >= 0.3 is 0 Å². The Morgan fingerprint density at radius 3 is 2.19 bits per heavy atom. The average molecular weight is 441 g/mol. The second kappa shape index (κ2) is 9.09. The number of carbonyl (C=O) groups is 1. The van der Waals surface area contributed by atoms with E-state index in [0.717, 1.165) is 11.1 Å². The number of carbonyl (C=O) groups excluding carboxylic acids is 1. The molecule has 3 rings (SSSR count). The van der Waals surface area contributed by atoms with E-state index in [4.69, 9.17) is 9.47 Å². The van der Waals surface area contributed by atoms with Crippen LogP contribution in [0.5, 0.6) is 11.5 Å². The van der Waals surface area contributed by atoms with Crippen molar-refractivity contribution >= 4 is 27.3 Å². The minimum absolute atomic E-state index is 0.0930. The van der Waals surface area contributed by atoms with Crippen LogP contribution in [-0.4, -0.2) is 28.5 Å². The standard InChI is InChI=1S/C23H24N2O5S/c1-15-6-5-7-20(16(15)2)23(26)24-18-10-13-21(30-4)22(14-18)31(27,28)25-17-8-11-19(29-3)12-9-17/h5-14,25H,1-4H3,(H,24,26). The number of anilines is 2. The van der Waals surface area contributed by atoms with Crippen LogP contribution >= 0.6 is 0 Å². The van der Waals surface area contributed by atoms with E-state index in [0.29, 0.717) is 22.7 Å². The fraction of sp³-hybridized carbons (Fsp3) is 0.174. The Kier molecular flexibility index (Phi) is 6.50. The third-order valence-electron chi connectivity index (χ3n) is 4.90. The molecule has 0 bridgehead atoms. The predicted octanol–water partition coefficient (Wildman–Crippen LogP) is 4.37. The number of methoxy groups -OCH3 is 2. The Labute approximate surface area is 182 Å². The molecular formula is C23H24N2O5S. The van der Waals surface area contributed by atoms with E-state index >= 15 is 0 Å². The summed E-state index contributed by atoms with van der Waals surface area (Å²) >= 11 is 0. The van der Waals surface area contributed by atoms with Crippen molar-refractivity contribution in [2.24, 2.45) is 0 Å².